The predicted octanol–water partition coefficient (Wildman–Crippen LogP) is 1.86. The number of rotatable bonds is 3. The Morgan fingerprint density at radius 1 is 1.56 bits per heavy atom. The van der Waals surface area contributed by atoms with E-state index in [0.717, 1.165) is 17.8 Å². The minimum Gasteiger partial charge on any atom is -0.396 e. The smallest absolute Gasteiger partial charge is 0.178 e. The fraction of sp³-hybridized carbons (Fsp3) is 0.455. The SMILES string of the molecule is CN(C)c1sc(C(=O)C2CC2)c(N)c1C#N. The lowest BCUT2D eigenvalue weighted by Gasteiger charge is -2.08. The van der Waals surface area contributed by atoms with Crippen LogP contribution in [0.25, 0.3) is 0 Å². The summed E-state index contributed by atoms with van der Waals surface area (Å²) >= 11 is 1.32. The van der Waals surface area contributed by atoms with E-state index < -0.39 is 0 Å². The zero-order valence-corrected chi connectivity index (χ0v) is 10.1. The van der Waals surface area contributed by atoms with Crippen LogP contribution in [0.1, 0.15) is 28.1 Å². The molecule has 1 fully saturated rings. The maximum absolute atomic E-state index is 11.9. The molecule has 0 spiro atoms. The highest BCUT2D eigenvalue weighted by Gasteiger charge is 2.34. The van der Waals surface area contributed by atoms with Crippen molar-refractivity contribution in [3.63, 3.8) is 0 Å². The number of nitrogen functional groups attached to an aromatic ring is 1. The van der Waals surface area contributed by atoms with Crippen molar-refractivity contribution in [3.05, 3.63) is 10.4 Å². The van der Waals surface area contributed by atoms with Crippen LogP contribution in [0.15, 0.2) is 0 Å². The fourth-order valence-electron chi connectivity index (χ4n) is 1.57. The molecule has 0 unspecified atom stereocenters. The van der Waals surface area contributed by atoms with E-state index in [4.69, 9.17) is 11.0 Å². The van der Waals surface area contributed by atoms with Crippen molar-refractivity contribution >= 4 is 27.8 Å². The molecular weight excluding hydrogens is 222 g/mol. The topological polar surface area (TPSA) is 70.1 Å². The van der Waals surface area contributed by atoms with Gasteiger partial charge >= 0.3 is 0 Å². The summed E-state index contributed by atoms with van der Waals surface area (Å²) in [5.74, 6) is 0.245. The van der Waals surface area contributed by atoms with Crippen LogP contribution < -0.4 is 10.6 Å². The normalized spacial score (nSPS) is 14.6. The van der Waals surface area contributed by atoms with E-state index >= 15 is 0 Å². The Morgan fingerprint density at radius 3 is 2.56 bits per heavy atom. The van der Waals surface area contributed by atoms with Gasteiger partial charge in [-0.25, -0.2) is 0 Å². The van der Waals surface area contributed by atoms with Gasteiger partial charge in [0.1, 0.15) is 16.6 Å². The first kappa shape index (κ1) is 11.0. The van der Waals surface area contributed by atoms with Crippen LogP contribution in [0, 0.1) is 17.2 Å². The summed E-state index contributed by atoms with van der Waals surface area (Å²) in [7, 11) is 3.69. The molecule has 16 heavy (non-hydrogen) atoms. The Balaban J connectivity index is 2.47. The molecule has 1 aromatic heterocycles. The number of Topliss-reactive ketones (excluding diaryl/α,β-unsaturated/α-hetero) is 1. The Bertz CT molecular complexity index is 480. The summed E-state index contributed by atoms with van der Waals surface area (Å²) in [6.07, 6.45) is 1.91. The van der Waals surface area contributed by atoms with E-state index in [0.29, 0.717) is 16.1 Å². The second-order valence-electron chi connectivity index (χ2n) is 4.17. The van der Waals surface area contributed by atoms with Crippen molar-refractivity contribution in [1.82, 2.24) is 0 Å². The molecule has 0 aromatic carbocycles. The fourth-order valence-corrected chi connectivity index (χ4v) is 2.68. The minimum absolute atomic E-state index is 0.104. The van der Waals surface area contributed by atoms with Crippen molar-refractivity contribution in [2.75, 3.05) is 24.7 Å². The molecule has 1 saturated carbocycles. The van der Waals surface area contributed by atoms with Gasteiger partial charge in [0, 0.05) is 20.0 Å². The first-order valence-electron chi connectivity index (χ1n) is 5.10. The molecule has 1 aromatic rings. The number of carbonyl (C=O) groups is 1. The largest absolute Gasteiger partial charge is 0.396 e. The predicted molar refractivity (Wildman–Crippen MR) is 64.8 cm³/mol. The third-order valence-electron chi connectivity index (χ3n) is 2.62. The van der Waals surface area contributed by atoms with Gasteiger partial charge in [0.2, 0.25) is 0 Å². The number of anilines is 2. The summed E-state index contributed by atoms with van der Waals surface area (Å²) in [5.41, 5.74) is 6.64. The lowest BCUT2D eigenvalue weighted by molar-refractivity contribution is 0.0972. The molecular formula is C11H13N3OS. The van der Waals surface area contributed by atoms with Gasteiger partial charge in [0.15, 0.2) is 5.78 Å². The zero-order chi connectivity index (χ0) is 11.9. The molecule has 0 radical (unpaired) electrons. The van der Waals surface area contributed by atoms with Crippen LogP contribution in [0.4, 0.5) is 10.7 Å². The first-order chi connectivity index (χ1) is 7.56. The number of hydrogen-bond donors (Lipinski definition) is 1. The van der Waals surface area contributed by atoms with Crippen molar-refractivity contribution in [2.45, 2.75) is 12.8 Å². The average Bonchev–Trinajstić information content (AvgIpc) is 3.01. The van der Waals surface area contributed by atoms with E-state index in [1.165, 1.54) is 11.3 Å². The Kier molecular flexibility index (Phi) is 2.60. The third kappa shape index (κ3) is 1.65. The van der Waals surface area contributed by atoms with Crippen LogP contribution in [-0.2, 0) is 0 Å². The highest BCUT2D eigenvalue weighted by molar-refractivity contribution is 7.19. The Labute approximate surface area is 98.3 Å². The number of nitrogens with zero attached hydrogens (tertiary/aromatic N) is 2. The quantitative estimate of drug-likeness (QED) is 0.812. The summed E-state index contributed by atoms with van der Waals surface area (Å²) in [6.45, 7) is 0. The van der Waals surface area contributed by atoms with Crippen LogP contribution in [0.3, 0.4) is 0 Å². The first-order valence-corrected chi connectivity index (χ1v) is 5.91. The van der Waals surface area contributed by atoms with Gasteiger partial charge in [0.25, 0.3) is 0 Å². The second kappa shape index (κ2) is 3.80. The van der Waals surface area contributed by atoms with Crippen molar-refractivity contribution in [1.29, 1.82) is 5.26 Å². The van der Waals surface area contributed by atoms with Gasteiger partial charge in [-0.2, -0.15) is 5.26 Å². The molecule has 1 aliphatic rings. The molecule has 2 N–H and O–H groups in total. The van der Waals surface area contributed by atoms with Gasteiger partial charge in [-0.3, -0.25) is 4.79 Å². The monoisotopic (exact) mass is 235 g/mol. The molecule has 0 bridgehead atoms. The summed E-state index contributed by atoms with van der Waals surface area (Å²) in [4.78, 5) is 14.3. The third-order valence-corrected chi connectivity index (χ3v) is 4.00. The van der Waals surface area contributed by atoms with Crippen LogP contribution in [-0.4, -0.2) is 19.9 Å². The summed E-state index contributed by atoms with van der Waals surface area (Å²) < 4.78 is 0. The Morgan fingerprint density at radius 2 is 2.19 bits per heavy atom. The van der Waals surface area contributed by atoms with Gasteiger partial charge in [-0.05, 0) is 12.8 Å². The van der Waals surface area contributed by atoms with E-state index in [2.05, 4.69) is 6.07 Å². The molecule has 0 aliphatic heterocycles. The lowest BCUT2D eigenvalue weighted by atomic mass is 10.1. The van der Waals surface area contributed by atoms with E-state index in [1.54, 1.807) is 0 Å². The summed E-state index contributed by atoms with van der Waals surface area (Å²) in [6, 6.07) is 2.07. The molecule has 4 nitrogen and oxygen atoms in total. The number of nitriles is 1. The van der Waals surface area contributed by atoms with Crippen molar-refractivity contribution in [2.24, 2.45) is 5.92 Å². The molecule has 1 heterocycles. The molecule has 84 valence electrons. The van der Waals surface area contributed by atoms with Crippen LogP contribution in [0.5, 0.6) is 0 Å². The molecule has 0 amide bonds. The molecule has 0 atom stereocenters. The standard InChI is InChI=1S/C11H13N3OS/c1-14(2)11-7(5-12)8(13)10(16-11)9(15)6-3-4-6/h6H,3-4,13H2,1-2H3. The number of hydrogen-bond acceptors (Lipinski definition) is 5. The lowest BCUT2D eigenvalue weighted by Crippen LogP contribution is -2.08. The number of nitrogens with two attached hydrogens (primary N) is 1. The highest BCUT2D eigenvalue weighted by atomic mass is 32.1. The maximum Gasteiger partial charge on any atom is 0.178 e. The Hall–Kier alpha value is -1.54. The van der Waals surface area contributed by atoms with Crippen molar-refractivity contribution < 1.29 is 4.79 Å². The second-order valence-corrected chi connectivity index (χ2v) is 5.17. The van der Waals surface area contributed by atoms with E-state index in [1.807, 2.05) is 19.0 Å². The zero-order valence-electron chi connectivity index (χ0n) is 9.28. The van der Waals surface area contributed by atoms with Gasteiger partial charge < -0.3 is 10.6 Å². The van der Waals surface area contributed by atoms with Crippen molar-refractivity contribution in [3.8, 4) is 6.07 Å². The number of ketones is 1. The molecule has 5 heteroatoms. The average molecular weight is 235 g/mol. The summed E-state index contributed by atoms with van der Waals surface area (Å²) in [5, 5.41) is 9.80. The number of thiophene rings is 1. The maximum atomic E-state index is 11.9. The van der Waals surface area contributed by atoms with E-state index in [-0.39, 0.29) is 11.7 Å². The number of carbonyl (C=O) groups excluding carboxylic acids is 1. The molecule has 1 aliphatic carbocycles. The minimum atomic E-state index is 0.104. The van der Waals surface area contributed by atoms with E-state index in [9.17, 15) is 4.79 Å². The molecule has 2 rings (SSSR count). The highest BCUT2D eigenvalue weighted by Crippen LogP contribution is 2.42. The molecule has 0 saturated heterocycles. The van der Waals surface area contributed by atoms with Crippen LogP contribution in [0.2, 0.25) is 0 Å². The van der Waals surface area contributed by atoms with Gasteiger partial charge in [-0.1, -0.05) is 0 Å². The van der Waals surface area contributed by atoms with Gasteiger partial charge in [-0.15, -0.1) is 11.3 Å². The van der Waals surface area contributed by atoms with Gasteiger partial charge in [0.05, 0.1) is 10.6 Å². The van der Waals surface area contributed by atoms with Crippen LogP contribution >= 0.6 is 11.3 Å².